The third-order valence-electron chi connectivity index (χ3n) is 14.6. The molecule has 4 fully saturated rings. The fourth-order valence-electron chi connectivity index (χ4n) is 10.4. The zero-order valence-electron chi connectivity index (χ0n) is 39.2. The lowest BCUT2D eigenvalue weighted by Gasteiger charge is -2.46. The molecule has 4 aliphatic heterocycles. The zero-order chi connectivity index (χ0) is 48.7. The number of halogens is 2. The first kappa shape index (κ1) is 46.7. The summed E-state index contributed by atoms with van der Waals surface area (Å²) in [6.45, 7) is 10.5. The van der Waals surface area contributed by atoms with Crippen molar-refractivity contribution in [1.29, 1.82) is 0 Å². The average Bonchev–Trinajstić information content (AvgIpc) is 4.14. The molecule has 1 saturated carbocycles. The first-order valence-corrected chi connectivity index (χ1v) is 24.2. The largest absolute Gasteiger partial charge is 0.457 e. The topological polar surface area (TPSA) is 181 Å². The second-order valence-corrected chi connectivity index (χ2v) is 19.3. The van der Waals surface area contributed by atoms with Crippen molar-refractivity contribution in [2.75, 3.05) is 73.2 Å². The van der Waals surface area contributed by atoms with Crippen LogP contribution in [0.15, 0.2) is 85.2 Å². The van der Waals surface area contributed by atoms with Gasteiger partial charge in [0.25, 0.3) is 11.8 Å². The van der Waals surface area contributed by atoms with Crippen LogP contribution in [-0.2, 0) is 14.4 Å². The van der Waals surface area contributed by atoms with Crippen LogP contribution in [0.3, 0.4) is 0 Å². The van der Waals surface area contributed by atoms with Crippen LogP contribution in [0.5, 0.6) is 11.5 Å². The van der Waals surface area contributed by atoms with Gasteiger partial charge in [0.2, 0.25) is 17.7 Å². The SMILES string of the molecule is C[C@@H]1CN(CC2CCN(c3cc4nccc(Oc5ccc(NC(=O)C6(C(=O)Nc7ccc(F)cc7)CC6)cc5)c4cc3F)CC2)[C@@H](C)CN1CCNc1nccc2c1C(=O)N(C1CCCNC1=O)C2=O. The molecule has 1 aliphatic carbocycles. The molecule has 1 unspecified atom stereocenters. The molecule has 6 heterocycles. The fourth-order valence-corrected chi connectivity index (χ4v) is 10.4. The Hall–Kier alpha value is -7.05. The van der Waals surface area contributed by atoms with Gasteiger partial charge in [0.05, 0.1) is 22.3 Å². The predicted molar refractivity (Wildman–Crippen MR) is 260 cm³/mol. The lowest BCUT2D eigenvalue weighted by molar-refractivity contribution is -0.131. The number of rotatable bonds is 14. The van der Waals surface area contributed by atoms with Gasteiger partial charge >= 0.3 is 0 Å². The monoisotopic (exact) mass is 954 g/mol. The van der Waals surface area contributed by atoms with E-state index in [4.69, 9.17) is 4.74 Å². The van der Waals surface area contributed by atoms with E-state index in [9.17, 15) is 28.4 Å². The molecule has 0 radical (unpaired) electrons. The Morgan fingerprint density at radius 1 is 0.814 bits per heavy atom. The molecule has 16 nitrogen and oxygen atoms in total. The van der Waals surface area contributed by atoms with E-state index in [1.54, 1.807) is 48.7 Å². The van der Waals surface area contributed by atoms with Crippen molar-refractivity contribution in [2.24, 2.45) is 11.3 Å². The Bertz CT molecular complexity index is 2840. The number of hydrogen-bond acceptors (Lipinski definition) is 12. The molecule has 70 heavy (non-hydrogen) atoms. The molecule has 0 bridgehead atoms. The third-order valence-corrected chi connectivity index (χ3v) is 14.6. The maximum absolute atomic E-state index is 16.0. The maximum Gasteiger partial charge on any atom is 0.266 e. The van der Waals surface area contributed by atoms with E-state index in [2.05, 4.69) is 59.8 Å². The van der Waals surface area contributed by atoms with Gasteiger partial charge in [-0.15, -0.1) is 0 Å². The quantitative estimate of drug-likeness (QED) is 0.0688. The van der Waals surface area contributed by atoms with E-state index in [0.717, 1.165) is 57.0 Å². The number of ether oxygens (including phenoxy) is 1. The Morgan fingerprint density at radius 2 is 1.49 bits per heavy atom. The average molecular weight is 955 g/mol. The number of nitrogens with one attached hydrogen (secondary N) is 4. The summed E-state index contributed by atoms with van der Waals surface area (Å²) in [4.78, 5) is 82.7. The molecule has 4 N–H and O–H groups in total. The minimum atomic E-state index is -1.20. The third kappa shape index (κ3) is 9.36. The second-order valence-electron chi connectivity index (χ2n) is 19.3. The van der Waals surface area contributed by atoms with Gasteiger partial charge < -0.3 is 30.9 Å². The number of fused-ring (bicyclic) bond motifs is 2. The number of piperazine rings is 1. The summed E-state index contributed by atoms with van der Waals surface area (Å²) < 4.78 is 35.5. The lowest BCUT2D eigenvalue weighted by atomic mass is 9.94. The van der Waals surface area contributed by atoms with E-state index >= 15 is 4.39 Å². The molecule has 0 spiro atoms. The standard InChI is InChI=1S/C52H56F2N10O6/c1-31-29-63(32(2)28-62(31)25-22-57-46-45-38(13-20-56-46)48(66)64(49(45)67)42-4-3-19-58-47(42)65)30-33-15-23-61(24-16-33)43-27-41-39(26-40(43)54)44(14-21-55-41)70-37-11-9-36(10-12-37)60-51(69)52(17-18-52)50(68)59-35-7-5-34(53)6-8-35/h5-14,20-21,26-27,31-33,42H,3-4,15-19,22-25,28-30H2,1-2H3,(H,56,57)(H,58,65)(H,59,68)(H,60,69)/t31-,32+,42?/m1/s1. The highest BCUT2D eigenvalue weighted by atomic mass is 19.1. The smallest absolute Gasteiger partial charge is 0.266 e. The van der Waals surface area contributed by atoms with Crippen LogP contribution < -0.4 is 30.9 Å². The van der Waals surface area contributed by atoms with Gasteiger partial charge in [0.1, 0.15) is 40.4 Å². The van der Waals surface area contributed by atoms with E-state index in [1.807, 2.05) is 0 Å². The summed E-state index contributed by atoms with van der Waals surface area (Å²) in [6, 6.07) is 18.4. The predicted octanol–water partition coefficient (Wildman–Crippen LogP) is 6.66. The van der Waals surface area contributed by atoms with E-state index < -0.39 is 40.9 Å². The highest BCUT2D eigenvalue weighted by Gasteiger charge is 2.56. The highest BCUT2D eigenvalue weighted by Crippen LogP contribution is 2.48. The maximum atomic E-state index is 16.0. The van der Waals surface area contributed by atoms with Crippen molar-refractivity contribution in [3.05, 3.63) is 108 Å². The van der Waals surface area contributed by atoms with Crippen LogP contribution in [0.25, 0.3) is 10.9 Å². The van der Waals surface area contributed by atoms with Crippen molar-refractivity contribution < 1.29 is 37.5 Å². The summed E-state index contributed by atoms with van der Waals surface area (Å²) in [5.74, 6) is -1.14. The van der Waals surface area contributed by atoms with Crippen LogP contribution in [0.4, 0.5) is 31.7 Å². The second kappa shape index (κ2) is 19.4. The zero-order valence-corrected chi connectivity index (χ0v) is 39.2. The summed E-state index contributed by atoms with van der Waals surface area (Å²) in [5, 5.41) is 12.2. The number of amides is 5. The Balaban J connectivity index is 0.692. The summed E-state index contributed by atoms with van der Waals surface area (Å²) in [5.41, 5.74) is 1.32. The number of benzene rings is 3. The molecule has 3 atom stereocenters. The Labute approximate surface area is 404 Å². The molecular formula is C52H56F2N10O6. The summed E-state index contributed by atoms with van der Waals surface area (Å²) >= 11 is 0. The molecule has 18 heteroatoms. The van der Waals surface area contributed by atoms with E-state index in [0.29, 0.717) is 96.0 Å². The molecule has 5 aliphatic rings. The van der Waals surface area contributed by atoms with Gasteiger partial charge in [-0.1, -0.05) is 0 Å². The number of aromatic nitrogens is 2. The van der Waals surface area contributed by atoms with Crippen LogP contribution in [-0.4, -0.2) is 125 Å². The number of pyridine rings is 2. The van der Waals surface area contributed by atoms with Crippen LogP contribution in [0.1, 0.15) is 73.1 Å². The van der Waals surface area contributed by atoms with Gasteiger partial charge in [0, 0.05) is 93.6 Å². The molecule has 364 valence electrons. The van der Waals surface area contributed by atoms with Gasteiger partial charge in [-0.05, 0) is 131 Å². The number of piperidine rings is 2. The van der Waals surface area contributed by atoms with E-state index in [1.165, 1.54) is 36.5 Å². The van der Waals surface area contributed by atoms with Gasteiger partial charge in [-0.3, -0.25) is 43.7 Å². The molecule has 3 saturated heterocycles. The number of nitrogens with zero attached hydrogens (tertiary/aromatic N) is 6. The molecule has 5 aromatic rings. The van der Waals surface area contributed by atoms with Crippen LogP contribution in [0.2, 0.25) is 0 Å². The number of hydrogen-bond donors (Lipinski definition) is 4. The normalized spacial score (nSPS) is 21.6. The fraction of sp³-hybridized carbons (Fsp3) is 0.404. The van der Waals surface area contributed by atoms with Crippen molar-refractivity contribution in [3.63, 3.8) is 0 Å². The number of carbonyl (C=O) groups is 5. The van der Waals surface area contributed by atoms with Gasteiger partial charge in [-0.2, -0.15) is 0 Å². The van der Waals surface area contributed by atoms with Crippen molar-refractivity contribution in [2.45, 2.75) is 70.5 Å². The Kier molecular flexibility index (Phi) is 12.9. The summed E-state index contributed by atoms with van der Waals surface area (Å²) in [7, 11) is 0. The van der Waals surface area contributed by atoms with Crippen molar-refractivity contribution >= 4 is 63.3 Å². The van der Waals surface area contributed by atoms with Crippen LogP contribution in [0, 0.1) is 23.0 Å². The van der Waals surface area contributed by atoms with Crippen molar-refractivity contribution in [1.82, 2.24) is 30.0 Å². The lowest BCUT2D eigenvalue weighted by Crippen LogP contribution is -2.58. The first-order valence-electron chi connectivity index (χ1n) is 24.2. The van der Waals surface area contributed by atoms with Gasteiger partial charge in [0.15, 0.2) is 0 Å². The van der Waals surface area contributed by atoms with Gasteiger partial charge in [-0.25, -0.2) is 13.8 Å². The minimum Gasteiger partial charge on any atom is -0.457 e. The molecule has 2 aromatic heterocycles. The van der Waals surface area contributed by atoms with E-state index in [-0.39, 0.29) is 28.9 Å². The number of anilines is 4. The summed E-state index contributed by atoms with van der Waals surface area (Å²) in [6.07, 6.45) is 6.97. The number of imide groups is 1. The molecular weight excluding hydrogens is 899 g/mol. The number of carbonyl (C=O) groups excluding carboxylic acids is 5. The highest BCUT2D eigenvalue weighted by molar-refractivity contribution is 6.24. The first-order chi connectivity index (χ1) is 33.8. The van der Waals surface area contributed by atoms with Crippen molar-refractivity contribution in [3.8, 4) is 11.5 Å². The minimum absolute atomic E-state index is 0.229. The van der Waals surface area contributed by atoms with Crippen LogP contribution >= 0.6 is 0 Å². The molecule has 3 aromatic carbocycles. The molecule has 5 amide bonds. The Morgan fingerprint density at radius 3 is 2.19 bits per heavy atom. The molecule has 10 rings (SSSR count).